The number of carbonyl (C=O) groups excluding carboxylic acids is 1. The van der Waals surface area contributed by atoms with Crippen LogP contribution in [0.5, 0.6) is 11.5 Å². The molecule has 144 valence electrons. The Labute approximate surface area is 157 Å². The summed E-state index contributed by atoms with van der Waals surface area (Å²) in [6, 6.07) is 5.51. The summed E-state index contributed by atoms with van der Waals surface area (Å²) in [6.45, 7) is 1.06. The van der Waals surface area contributed by atoms with Crippen molar-refractivity contribution in [3.05, 3.63) is 24.0 Å². The van der Waals surface area contributed by atoms with E-state index in [0.717, 1.165) is 43.5 Å². The van der Waals surface area contributed by atoms with Crippen molar-refractivity contribution in [2.45, 2.75) is 37.6 Å². The third-order valence-electron chi connectivity index (χ3n) is 5.50. The number of hydrogen-bond donors (Lipinski definition) is 1. The summed E-state index contributed by atoms with van der Waals surface area (Å²) in [5.41, 5.74) is 0.240. The van der Waals surface area contributed by atoms with Gasteiger partial charge in [-0.15, -0.1) is 5.10 Å². The Bertz CT molecular complexity index is 830. The van der Waals surface area contributed by atoms with E-state index in [-0.39, 0.29) is 6.03 Å². The summed E-state index contributed by atoms with van der Waals surface area (Å²) in [7, 11) is 3.45. The minimum absolute atomic E-state index is 0.145. The second-order valence-electron chi connectivity index (χ2n) is 6.95. The van der Waals surface area contributed by atoms with Gasteiger partial charge in [0.05, 0.1) is 5.69 Å². The highest BCUT2D eigenvalue weighted by Gasteiger charge is 2.44. The van der Waals surface area contributed by atoms with Crippen molar-refractivity contribution < 1.29 is 14.3 Å². The molecule has 2 heterocycles. The summed E-state index contributed by atoms with van der Waals surface area (Å²) in [6.07, 6.45) is 4.84. The smallest absolute Gasteiger partial charge is 0.317 e. The lowest BCUT2D eigenvalue weighted by Crippen LogP contribution is -2.52. The van der Waals surface area contributed by atoms with Crippen LogP contribution in [0.3, 0.4) is 0 Å². The van der Waals surface area contributed by atoms with Gasteiger partial charge in [-0.25, -0.2) is 4.79 Å². The zero-order valence-corrected chi connectivity index (χ0v) is 15.6. The van der Waals surface area contributed by atoms with E-state index in [2.05, 4.69) is 20.8 Å². The molecule has 1 aromatic heterocycles. The van der Waals surface area contributed by atoms with Crippen LogP contribution in [-0.4, -0.2) is 58.4 Å². The maximum atomic E-state index is 12.5. The third-order valence-corrected chi connectivity index (χ3v) is 5.50. The molecule has 0 saturated heterocycles. The number of ether oxygens (including phenoxy) is 2. The summed E-state index contributed by atoms with van der Waals surface area (Å²) < 4.78 is 13.0. The molecule has 0 atom stereocenters. The van der Waals surface area contributed by atoms with Crippen LogP contribution in [0.4, 0.5) is 4.79 Å². The lowest BCUT2D eigenvalue weighted by atomic mass is 9.79. The predicted octanol–water partition coefficient (Wildman–Crippen LogP) is 1.86. The molecule has 9 heteroatoms. The molecule has 9 nitrogen and oxygen atoms in total. The SMILES string of the molecule is CNC(=O)N(C)C1(c2nnnn2-c2ccc3c(c2)OCCO3)CCCCC1. The van der Waals surface area contributed by atoms with Crippen LogP contribution < -0.4 is 14.8 Å². The fourth-order valence-electron chi connectivity index (χ4n) is 4.02. The maximum Gasteiger partial charge on any atom is 0.317 e. The standard InChI is InChI=1S/C18H24N6O3/c1-19-17(25)23(2)18(8-4-3-5-9-18)16-20-21-22-24(16)13-6-7-14-15(12-13)27-11-10-26-14/h6-7,12H,3-5,8-11H2,1-2H3,(H,19,25). The maximum absolute atomic E-state index is 12.5. The van der Waals surface area contributed by atoms with Crippen LogP contribution in [-0.2, 0) is 5.54 Å². The normalized spacial score (nSPS) is 18.0. The van der Waals surface area contributed by atoms with Crippen LogP contribution in [0.15, 0.2) is 18.2 Å². The first-order valence-electron chi connectivity index (χ1n) is 9.30. The van der Waals surface area contributed by atoms with E-state index in [0.29, 0.717) is 24.8 Å². The van der Waals surface area contributed by atoms with Crippen LogP contribution in [0.1, 0.15) is 37.9 Å². The first-order valence-corrected chi connectivity index (χ1v) is 9.30. The van der Waals surface area contributed by atoms with Crippen molar-refractivity contribution >= 4 is 6.03 Å². The number of fused-ring (bicyclic) bond motifs is 1. The molecule has 1 aliphatic carbocycles. The Kier molecular flexibility index (Phi) is 4.59. The van der Waals surface area contributed by atoms with Crippen molar-refractivity contribution in [3.8, 4) is 17.2 Å². The van der Waals surface area contributed by atoms with Gasteiger partial charge in [-0.3, -0.25) is 0 Å². The zero-order valence-electron chi connectivity index (χ0n) is 15.6. The average Bonchev–Trinajstić information content (AvgIpc) is 3.23. The minimum atomic E-state index is -0.547. The molecule has 1 aliphatic heterocycles. The number of urea groups is 1. The summed E-state index contributed by atoms with van der Waals surface area (Å²) >= 11 is 0. The van der Waals surface area contributed by atoms with Gasteiger partial charge < -0.3 is 19.7 Å². The van der Waals surface area contributed by atoms with E-state index in [1.54, 1.807) is 16.6 Å². The second kappa shape index (κ2) is 7.05. The van der Waals surface area contributed by atoms with Crippen molar-refractivity contribution in [2.24, 2.45) is 0 Å². The lowest BCUT2D eigenvalue weighted by molar-refractivity contribution is 0.0873. The number of rotatable bonds is 3. The Morgan fingerprint density at radius 3 is 2.67 bits per heavy atom. The van der Waals surface area contributed by atoms with Gasteiger partial charge >= 0.3 is 6.03 Å². The fourth-order valence-corrected chi connectivity index (χ4v) is 4.02. The van der Waals surface area contributed by atoms with Crippen molar-refractivity contribution in [3.63, 3.8) is 0 Å². The molecule has 1 aromatic carbocycles. The molecular weight excluding hydrogens is 348 g/mol. The number of hydrogen-bond acceptors (Lipinski definition) is 6. The number of nitrogens with zero attached hydrogens (tertiary/aromatic N) is 5. The predicted molar refractivity (Wildman–Crippen MR) is 97.1 cm³/mol. The Hall–Kier alpha value is -2.84. The average molecular weight is 372 g/mol. The molecule has 1 saturated carbocycles. The first-order chi connectivity index (χ1) is 13.2. The number of aromatic nitrogens is 4. The molecule has 1 fully saturated rings. The number of tetrazole rings is 1. The zero-order chi connectivity index (χ0) is 18.9. The van der Waals surface area contributed by atoms with Gasteiger partial charge in [0.25, 0.3) is 0 Å². The highest BCUT2D eigenvalue weighted by Crippen LogP contribution is 2.41. The van der Waals surface area contributed by atoms with Crippen LogP contribution in [0.2, 0.25) is 0 Å². The molecule has 2 aromatic rings. The van der Waals surface area contributed by atoms with Gasteiger partial charge in [0.1, 0.15) is 18.8 Å². The number of benzene rings is 1. The van der Waals surface area contributed by atoms with Gasteiger partial charge in [-0.05, 0) is 35.4 Å². The van der Waals surface area contributed by atoms with E-state index < -0.39 is 5.54 Å². The molecule has 0 spiro atoms. The first kappa shape index (κ1) is 17.6. The van der Waals surface area contributed by atoms with Gasteiger partial charge in [0, 0.05) is 20.2 Å². The molecule has 0 bridgehead atoms. The summed E-state index contributed by atoms with van der Waals surface area (Å²) in [4.78, 5) is 14.2. The summed E-state index contributed by atoms with van der Waals surface area (Å²) in [5.74, 6) is 2.07. The molecule has 27 heavy (non-hydrogen) atoms. The van der Waals surface area contributed by atoms with Crippen molar-refractivity contribution in [2.75, 3.05) is 27.3 Å². The Morgan fingerprint density at radius 2 is 1.93 bits per heavy atom. The Morgan fingerprint density at radius 1 is 1.19 bits per heavy atom. The monoisotopic (exact) mass is 372 g/mol. The molecule has 0 unspecified atom stereocenters. The van der Waals surface area contributed by atoms with E-state index in [1.165, 1.54) is 0 Å². The van der Waals surface area contributed by atoms with E-state index in [9.17, 15) is 4.79 Å². The second-order valence-corrected chi connectivity index (χ2v) is 6.95. The molecule has 1 N–H and O–H groups in total. The molecule has 2 aliphatic rings. The summed E-state index contributed by atoms with van der Waals surface area (Å²) in [5, 5.41) is 15.2. The van der Waals surface area contributed by atoms with Crippen LogP contribution >= 0.6 is 0 Å². The quantitative estimate of drug-likeness (QED) is 0.884. The highest BCUT2D eigenvalue weighted by atomic mass is 16.6. The molecular formula is C18H24N6O3. The van der Waals surface area contributed by atoms with Crippen molar-refractivity contribution in [1.82, 2.24) is 30.4 Å². The third kappa shape index (κ3) is 2.96. The number of amides is 2. The molecule has 4 rings (SSSR count). The van der Waals surface area contributed by atoms with Gasteiger partial charge in [0.15, 0.2) is 17.3 Å². The number of nitrogens with one attached hydrogen (secondary N) is 1. The van der Waals surface area contributed by atoms with Gasteiger partial charge in [0.2, 0.25) is 0 Å². The molecule has 2 amide bonds. The van der Waals surface area contributed by atoms with Gasteiger partial charge in [-0.2, -0.15) is 4.68 Å². The van der Waals surface area contributed by atoms with E-state index >= 15 is 0 Å². The Balaban J connectivity index is 1.78. The van der Waals surface area contributed by atoms with Gasteiger partial charge in [-0.1, -0.05) is 19.3 Å². The molecule has 0 radical (unpaired) electrons. The van der Waals surface area contributed by atoms with Crippen LogP contribution in [0, 0.1) is 0 Å². The fraction of sp³-hybridized carbons (Fsp3) is 0.556. The van der Waals surface area contributed by atoms with Crippen molar-refractivity contribution in [1.29, 1.82) is 0 Å². The van der Waals surface area contributed by atoms with E-state index in [1.807, 2.05) is 25.2 Å². The largest absolute Gasteiger partial charge is 0.486 e. The van der Waals surface area contributed by atoms with Crippen LogP contribution in [0.25, 0.3) is 5.69 Å². The lowest BCUT2D eigenvalue weighted by Gasteiger charge is -2.43. The van der Waals surface area contributed by atoms with E-state index in [4.69, 9.17) is 9.47 Å². The minimum Gasteiger partial charge on any atom is -0.486 e. The number of carbonyl (C=O) groups is 1. The highest BCUT2D eigenvalue weighted by molar-refractivity contribution is 5.74. The topological polar surface area (TPSA) is 94.4 Å².